The first-order chi connectivity index (χ1) is 9.74. The van der Waals surface area contributed by atoms with E-state index in [1.807, 2.05) is 18.2 Å². The predicted octanol–water partition coefficient (Wildman–Crippen LogP) is 1.71. The Morgan fingerprint density at radius 3 is 2.80 bits per heavy atom. The van der Waals surface area contributed by atoms with Gasteiger partial charge in [-0.05, 0) is 18.6 Å². The lowest BCUT2D eigenvalue weighted by Gasteiger charge is -2.14. The van der Waals surface area contributed by atoms with E-state index >= 15 is 0 Å². The Morgan fingerprint density at radius 2 is 2.05 bits per heavy atom. The fourth-order valence-corrected chi connectivity index (χ4v) is 2.49. The maximum Gasteiger partial charge on any atom is 0.222 e. The van der Waals surface area contributed by atoms with Crippen molar-refractivity contribution >= 4 is 11.8 Å². The molecule has 0 amide bonds. The van der Waals surface area contributed by atoms with Gasteiger partial charge >= 0.3 is 0 Å². The zero-order valence-electron chi connectivity index (χ0n) is 11.4. The zero-order valence-corrected chi connectivity index (χ0v) is 11.4. The number of methoxy groups -OCH3 is 2. The summed E-state index contributed by atoms with van der Waals surface area (Å²) in [5.74, 6) is 2.37. The summed E-state index contributed by atoms with van der Waals surface area (Å²) in [5.41, 5.74) is 8.52. The van der Waals surface area contributed by atoms with E-state index in [9.17, 15) is 0 Å². The summed E-state index contributed by atoms with van der Waals surface area (Å²) in [6, 6.07) is 5.71. The fourth-order valence-electron chi connectivity index (χ4n) is 2.49. The van der Waals surface area contributed by atoms with Gasteiger partial charge in [0.15, 0.2) is 11.5 Å². The Labute approximate surface area is 116 Å². The standard InChI is InChI=1S/C14H16N4O2/c1-19-10-5-3-4-8(12(10)20-2)11-9-6-7-16-13(9)18-14(15)17-11/h3-5H,6-7H2,1-2H3,(H3,15,16,17,18). The fraction of sp³-hybridized carbons (Fsp3) is 0.286. The molecule has 3 N–H and O–H groups in total. The number of rotatable bonds is 3. The summed E-state index contributed by atoms with van der Waals surface area (Å²) in [6.45, 7) is 0.840. The molecule has 0 spiro atoms. The van der Waals surface area contributed by atoms with Crippen LogP contribution in [-0.2, 0) is 6.42 Å². The van der Waals surface area contributed by atoms with E-state index in [1.54, 1.807) is 14.2 Å². The van der Waals surface area contributed by atoms with Crippen LogP contribution < -0.4 is 20.5 Å². The van der Waals surface area contributed by atoms with Gasteiger partial charge in [0, 0.05) is 17.7 Å². The van der Waals surface area contributed by atoms with Crippen LogP contribution in [-0.4, -0.2) is 30.7 Å². The highest BCUT2D eigenvalue weighted by Gasteiger charge is 2.22. The van der Waals surface area contributed by atoms with Crippen molar-refractivity contribution in [1.29, 1.82) is 0 Å². The van der Waals surface area contributed by atoms with Crippen LogP contribution in [0.4, 0.5) is 11.8 Å². The monoisotopic (exact) mass is 272 g/mol. The molecule has 6 nitrogen and oxygen atoms in total. The summed E-state index contributed by atoms with van der Waals surface area (Å²) >= 11 is 0. The van der Waals surface area contributed by atoms with Crippen LogP contribution in [0.25, 0.3) is 11.3 Å². The van der Waals surface area contributed by atoms with Gasteiger partial charge < -0.3 is 20.5 Å². The summed E-state index contributed by atoms with van der Waals surface area (Å²) in [7, 11) is 3.23. The van der Waals surface area contributed by atoms with E-state index in [-0.39, 0.29) is 5.95 Å². The van der Waals surface area contributed by atoms with E-state index < -0.39 is 0 Å². The molecule has 0 unspecified atom stereocenters. The number of ether oxygens (including phenoxy) is 2. The van der Waals surface area contributed by atoms with E-state index in [1.165, 1.54) is 0 Å². The van der Waals surface area contributed by atoms with E-state index in [2.05, 4.69) is 15.3 Å². The molecule has 0 saturated heterocycles. The highest BCUT2D eigenvalue weighted by atomic mass is 16.5. The van der Waals surface area contributed by atoms with Crippen molar-refractivity contribution in [3.8, 4) is 22.8 Å². The van der Waals surface area contributed by atoms with E-state index in [0.29, 0.717) is 11.5 Å². The lowest BCUT2D eigenvalue weighted by atomic mass is 10.0. The number of nitrogens with zero attached hydrogens (tertiary/aromatic N) is 2. The van der Waals surface area contributed by atoms with Gasteiger partial charge in [0.2, 0.25) is 5.95 Å². The van der Waals surface area contributed by atoms with Gasteiger partial charge in [0.25, 0.3) is 0 Å². The number of fused-ring (bicyclic) bond motifs is 1. The molecule has 6 heteroatoms. The van der Waals surface area contributed by atoms with Crippen molar-refractivity contribution in [3.63, 3.8) is 0 Å². The predicted molar refractivity (Wildman–Crippen MR) is 77.2 cm³/mol. The Hall–Kier alpha value is -2.50. The molecule has 0 bridgehead atoms. The van der Waals surface area contributed by atoms with Gasteiger partial charge in [-0.15, -0.1) is 0 Å². The average Bonchev–Trinajstić information content (AvgIpc) is 2.93. The number of anilines is 2. The Balaban J connectivity index is 2.24. The quantitative estimate of drug-likeness (QED) is 0.885. The van der Waals surface area contributed by atoms with Crippen molar-refractivity contribution < 1.29 is 9.47 Å². The smallest absolute Gasteiger partial charge is 0.222 e. The SMILES string of the molecule is COc1cccc(-c2nc(N)nc3c2CCN3)c1OC. The Kier molecular flexibility index (Phi) is 3.06. The third kappa shape index (κ3) is 1.89. The van der Waals surface area contributed by atoms with Crippen molar-refractivity contribution in [2.75, 3.05) is 31.8 Å². The summed E-state index contributed by atoms with van der Waals surface area (Å²) in [4.78, 5) is 8.61. The highest BCUT2D eigenvalue weighted by molar-refractivity contribution is 5.78. The maximum atomic E-state index is 5.80. The average molecular weight is 272 g/mol. The molecule has 0 saturated carbocycles. The van der Waals surface area contributed by atoms with Crippen molar-refractivity contribution in [3.05, 3.63) is 23.8 Å². The van der Waals surface area contributed by atoms with Crippen molar-refractivity contribution in [1.82, 2.24) is 9.97 Å². The second-order valence-corrected chi connectivity index (χ2v) is 4.48. The Morgan fingerprint density at radius 1 is 1.20 bits per heavy atom. The number of nitrogens with two attached hydrogens (primary N) is 1. The Bertz CT molecular complexity index is 658. The third-order valence-electron chi connectivity index (χ3n) is 3.35. The number of hydrogen-bond acceptors (Lipinski definition) is 6. The first-order valence-electron chi connectivity index (χ1n) is 6.36. The van der Waals surface area contributed by atoms with E-state index in [0.717, 1.165) is 35.6 Å². The van der Waals surface area contributed by atoms with Gasteiger partial charge in [-0.2, -0.15) is 4.98 Å². The molecule has 1 aliphatic heterocycles. The topological polar surface area (TPSA) is 82.3 Å². The normalized spacial score (nSPS) is 12.7. The van der Waals surface area contributed by atoms with Crippen molar-refractivity contribution in [2.24, 2.45) is 0 Å². The first-order valence-corrected chi connectivity index (χ1v) is 6.36. The zero-order chi connectivity index (χ0) is 14.1. The second-order valence-electron chi connectivity index (χ2n) is 4.48. The molecule has 20 heavy (non-hydrogen) atoms. The maximum absolute atomic E-state index is 5.80. The number of benzene rings is 1. The molecule has 0 radical (unpaired) electrons. The molecular formula is C14H16N4O2. The first kappa shape index (κ1) is 12.5. The number of aromatic nitrogens is 2. The van der Waals surface area contributed by atoms with Crippen LogP contribution in [0.1, 0.15) is 5.56 Å². The molecule has 2 heterocycles. The molecule has 0 aliphatic carbocycles. The van der Waals surface area contributed by atoms with Gasteiger partial charge in [0.05, 0.1) is 19.9 Å². The summed E-state index contributed by atoms with van der Waals surface area (Å²) in [6.07, 6.45) is 0.866. The molecule has 0 fully saturated rings. The molecule has 1 aliphatic rings. The van der Waals surface area contributed by atoms with Crippen LogP contribution in [0.5, 0.6) is 11.5 Å². The molecule has 104 valence electrons. The van der Waals surface area contributed by atoms with Gasteiger partial charge in [-0.3, -0.25) is 0 Å². The molecule has 2 aromatic rings. The second kappa shape index (κ2) is 4.88. The van der Waals surface area contributed by atoms with Crippen LogP contribution in [0.15, 0.2) is 18.2 Å². The van der Waals surface area contributed by atoms with Crippen LogP contribution >= 0.6 is 0 Å². The van der Waals surface area contributed by atoms with Gasteiger partial charge in [0.1, 0.15) is 5.82 Å². The minimum absolute atomic E-state index is 0.248. The highest BCUT2D eigenvalue weighted by Crippen LogP contribution is 2.40. The lowest BCUT2D eigenvalue weighted by molar-refractivity contribution is 0.356. The van der Waals surface area contributed by atoms with Gasteiger partial charge in [-0.1, -0.05) is 6.07 Å². The molecule has 1 aromatic heterocycles. The molecule has 3 rings (SSSR count). The lowest BCUT2D eigenvalue weighted by Crippen LogP contribution is -2.02. The number of nitrogens with one attached hydrogen (secondary N) is 1. The van der Waals surface area contributed by atoms with Crippen LogP contribution in [0.3, 0.4) is 0 Å². The van der Waals surface area contributed by atoms with Gasteiger partial charge in [-0.25, -0.2) is 4.98 Å². The molecule has 0 atom stereocenters. The third-order valence-corrected chi connectivity index (χ3v) is 3.35. The van der Waals surface area contributed by atoms with Crippen LogP contribution in [0.2, 0.25) is 0 Å². The minimum atomic E-state index is 0.248. The summed E-state index contributed by atoms with van der Waals surface area (Å²) in [5, 5.41) is 3.21. The minimum Gasteiger partial charge on any atom is -0.493 e. The number of nitrogen functional groups attached to an aromatic ring is 1. The van der Waals surface area contributed by atoms with Crippen molar-refractivity contribution in [2.45, 2.75) is 6.42 Å². The van der Waals surface area contributed by atoms with E-state index in [4.69, 9.17) is 15.2 Å². The number of para-hydroxylation sites is 1. The summed E-state index contributed by atoms with van der Waals surface area (Å²) < 4.78 is 10.8. The largest absolute Gasteiger partial charge is 0.493 e. The number of hydrogen-bond donors (Lipinski definition) is 2. The molecule has 1 aromatic carbocycles. The molecular weight excluding hydrogens is 256 g/mol. The van der Waals surface area contributed by atoms with Crippen LogP contribution in [0, 0.1) is 0 Å².